The zero-order valence-corrected chi connectivity index (χ0v) is 14.3. The van der Waals surface area contributed by atoms with Crippen molar-refractivity contribution in [3.05, 3.63) is 65.5 Å². The number of carboxylic acids is 1. The highest BCUT2D eigenvalue weighted by Crippen LogP contribution is 2.23. The highest BCUT2D eigenvalue weighted by Gasteiger charge is 2.13. The van der Waals surface area contributed by atoms with Gasteiger partial charge in [-0.1, -0.05) is 37.3 Å². The first-order valence-electron chi connectivity index (χ1n) is 8.26. The summed E-state index contributed by atoms with van der Waals surface area (Å²) in [5.74, 6) is 0.698. The molecule has 2 heterocycles. The standard InChI is InChI=1S/C19H20N4O2/c1-3-11-23-17(21-13(2)22-23)12-14-6-8-15(9-7-14)16-5-4-10-20-18(16)19(24)25/h4-10H,3,11-12H2,1-2H3,(H,24,25). The third-order valence-electron chi connectivity index (χ3n) is 3.93. The molecule has 3 rings (SSSR count). The Morgan fingerprint density at radius 2 is 1.96 bits per heavy atom. The van der Waals surface area contributed by atoms with E-state index in [1.807, 2.05) is 35.9 Å². The average Bonchev–Trinajstić information content (AvgIpc) is 2.95. The van der Waals surface area contributed by atoms with Crippen molar-refractivity contribution in [3.63, 3.8) is 0 Å². The van der Waals surface area contributed by atoms with Crippen molar-refractivity contribution in [1.29, 1.82) is 0 Å². The maximum Gasteiger partial charge on any atom is 0.355 e. The number of hydrogen-bond acceptors (Lipinski definition) is 4. The Bertz CT molecular complexity index is 885. The molecule has 128 valence electrons. The van der Waals surface area contributed by atoms with Crippen LogP contribution in [0.15, 0.2) is 42.6 Å². The second-order valence-electron chi connectivity index (χ2n) is 5.88. The molecule has 0 unspecified atom stereocenters. The van der Waals surface area contributed by atoms with Crippen LogP contribution in [0.5, 0.6) is 0 Å². The van der Waals surface area contributed by atoms with Crippen LogP contribution in [0.1, 0.15) is 41.0 Å². The molecule has 1 N–H and O–H groups in total. The fraction of sp³-hybridized carbons (Fsp3) is 0.263. The minimum atomic E-state index is -1.03. The molecule has 0 aliphatic heterocycles. The van der Waals surface area contributed by atoms with E-state index in [9.17, 15) is 9.90 Å². The summed E-state index contributed by atoms with van der Waals surface area (Å²) >= 11 is 0. The predicted molar refractivity (Wildman–Crippen MR) is 94.5 cm³/mol. The SMILES string of the molecule is CCCn1nc(C)nc1Cc1ccc(-c2cccnc2C(=O)O)cc1. The smallest absolute Gasteiger partial charge is 0.355 e. The van der Waals surface area contributed by atoms with Gasteiger partial charge in [0.25, 0.3) is 0 Å². The van der Waals surface area contributed by atoms with Crippen LogP contribution in [0.2, 0.25) is 0 Å². The second kappa shape index (κ2) is 7.25. The van der Waals surface area contributed by atoms with E-state index in [1.165, 1.54) is 6.20 Å². The molecule has 0 aliphatic rings. The number of nitrogens with zero attached hydrogens (tertiary/aromatic N) is 4. The lowest BCUT2D eigenvalue weighted by Crippen LogP contribution is -2.06. The normalized spacial score (nSPS) is 10.8. The lowest BCUT2D eigenvalue weighted by atomic mass is 10.0. The molecule has 0 saturated carbocycles. The summed E-state index contributed by atoms with van der Waals surface area (Å²) in [5.41, 5.74) is 2.62. The van der Waals surface area contributed by atoms with Crippen molar-refractivity contribution in [2.24, 2.45) is 0 Å². The average molecular weight is 336 g/mol. The van der Waals surface area contributed by atoms with Crippen LogP contribution >= 0.6 is 0 Å². The minimum absolute atomic E-state index is 0.0635. The van der Waals surface area contributed by atoms with Gasteiger partial charge >= 0.3 is 5.97 Å². The van der Waals surface area contributed by atoms with Gasteiger partial charge < -0.3 is 5.11 Å². The van der Waals surface area contributed by atoms with Crippen LogP contribution in [-0.2, 0) is 13.0 Å². The van der Waals surface area contributed by atoms with Gasteiger partial charge in [-0.05, 0) is 30.5 Å². The largest absolute Gasteiger partial charge is 0.476 e. The molecule has 0 atom stereocenters. The van der Waals surface area contributed by atoms with Gasteiger partial charge in [-0.25, -0.2) is 19.4 Å². The van der Waals surface area contributed by atoms with E-state index < -0.39 is 5.97 Å². The topological polar surface area (TPSA) is 80.9 Å². The highest BCUT2D eigenvalue weighted by atomic mass is 16.4. The molecule has 0 radical (unpaired) electrons. The van der Waals surface area contributed by atoms with E-state index in [-0.39, 0.29) is 5.69 Å². The number of carbonyl (C=O) groups is 1. The molecule has 3 aromatic rings. The Kier molecular flexibility index (Phi) is 4.88. The Morgan fingerprint density at radius 1 is 1.20 bits per heavy atom. The Hall–Kier alpha value is -3.02. The molecular weight excluding hydrogens is 316 g/mol. The van der Waals surface area contributed by atoms with Crippen LogP contribution < -0.4 is 0 Å². The Balaban J connectivity index is 1.85. The van der Waals surface area contributed by atoms with E-state index in [0.717, 1.165) is 35.7 Å². The van der Waals surface area contributed by atoms with E-state index in [4.69, 9.17) is 0 Å². The van der Waals surface area contributed by atoms with Gasteiger partial charge in [-0.3, -0.25) is 0 Å². The summed E-state index contributed by atoms with van der Waals surface area (Å²) in [5, 5.41) is 13.7. The molecule has 6 nitrogen and oxygen atoms in total. The van der Waals surface area contributed by atoms with Gasteiger partial charge in [0.2, 0.25) is 0 Å². The summed E-state index contributed by atoms with van der Waals surface area (Å²) < 4.78 is 1.95. The van der Waals surface area contributed by atoms with Crippen molar-refractivity contribution >= 4 is 5.97 Å². The maximum absolute atomic E-state index is 11.3. The quantitative estimate of drug-likeness (QED) is 0.746. The Labute approximate surface area is 146 Å². The van der Waals surface area contributed by atoms with Gasteiger partial charge in [0, 0.05) is 24.7 Å². The summed E-state index contributed by atoms with van der Waals surface area (Å²) in [7, 11) is 0. The van der Waals surface area contributed by atoms with Crippen molar-refractivity contribution in [2.75, 3.05) is 0 Å². The lowest BCUT2D eigenvalue weighted by molar-refractivity contribution is 0.0691. The van der Waals surface area contributed by atoms with Crippen LogP contribution in [-0.4, -0.2) is 30.8 Å². The summed E-state index contributed by atoms with van der Waals surface area (Å²) in [4.78, 5) is 19.8. The van der Waals surface area contributed by atoms with E-state index >= 15 is 0 Å². The number of pyridine rings is 1. The first kappa shape index (κ1) is 16.8. The van der Waals surface area contributed by atoms with Crippen molar-refractivity contribution in [1.82, 2.24) is 19.7 Å². The minimum Gasteiger partial charge on any atom is -0.476 e. The summed E-state index contributed by atoms with van der Waals surface area (Å²) in [6.07, 6.45) is 3.19. The number of hydrogen-bond donors (Lipinski definition) is 1. The molecule has 0 bridgehead atoms. The number of rotatable bonds is 6. The summed E-state index contributed by atoms with van der Waals surface area (Å²) in [6.45, 7) is 4.87. The van der Waals surface area contributed by atoms with Gasteiger partial charge in [-0.15, -0.1) is 0 Å². The molecular formula is C19H20N4O2. The van der Waals surface area contributed by atoms with Crippen LogP contribution in [0.3, 0.4) is 0 Å². The third-order valence-corrected chi connectivity index (χ3v) is 3.93. The zero-order chi connectivity index (χ0) is 17.8. The van der Waals surface area contributed by atoms with Crippen LogP contribution in [0.4, 0.5) is 0 Å². The second-order valence-corrected chi connectivity index (χ2v) is 5.88. The fourth-order valence-electron chi connectivity index (χ4n) is 2.81. The molecule has 0 fully saturated rings. The van der Waals surface area contributed by atoms with Gasteiger partial charge in [0.15, 0.2) is 5.69 Å². The lowest BCUT2D eigenvalue weighted by Gasteiger charge is -2.07. The molecule has 0 saturated heterocycles. The fourth-order valence-corrected chi connectivity index (χ4v) is 2.81. The molecule has 0 amide bonds. The van der Waals surface area contributed by atoms with Gasteiger partial charge in [0.1, 0.15) is 11.6 Å². The number of carboxylic acid groups (broad SMARTS) is 1. The first-order chi connectivity index (χ1) is 12.1. The third kappa shape index (κ3) is 3.74. The molecule has 25 heavy (non-hydrogen) atoms. The Morgan fingerprint density at radius 3 is 2.64 bits per heavy atom. The first-order valence-corrected chi connectivity index (χ1v) is 8.26. The van der Waals surface area contributed by atoms with E-state index in [2.05, 4.69) is 22.0 Å². The van der Waals surface area contributed by atoms with Crippen molar-refractivity contribution < 1.29 is 9.90 Å². The molecule has 1 aromatic carbocycles. The molecule has 2 aromatic heterocycles. The van der Waals surface area contributed by atoms with E-state index in [1.54, 1.807) is 12.1 Å². The highest BCUT2D eigenvalue weighted by molar-refractivity contribution is 5.93. The van der Waals surface area contributed by atoms with Crippen LogP contribution in [0.25, 0.3) is 11.1 Å². The zero-order valence-electron chi connectivity index (χ0n) is 14.3. The monoisotopic (exact) mass is 336 g/mol. The van der Waals surface area contributed by atoms with Crippen LogP contribution in [0, 0.1) is 6.92 Å². The summed E-state index contributed by atoms with van der Waals surface area (Å²) in [6, 6.07) is 11.3. The molecule has 6 heteroatoms. The number of benzene rings is 1. The predicted octanol–water partition coefficient (Wildman–Crippen LogP) is 3.35. The van der Waals surface area contributed by atoms with Crippen molar-refractivity contribution in [3.8, 4) is 11.1 Å². The number of aryl methyl sites for hydroxylation is 2. The number of aromatic carboxylic acids is 1. The van der Waals surface area contributed by atoms with Gasteiger partial charge in [0.05, 0.1) is 0 Å². The maximum atomic E-state index is 11.3. The van der Waals surface area contributed by atoms with Crippen molar-refractivity contribution in [2.45, 2.75) is 33.2 Å². The molecule has 0 spiro atoms. The van der Waals surface area contributed by atoms with E-state index in [0.29, 0.717) is 12.0 Å². The number of aromatic nitrogens is 4. The van der Waals surface area contributed by atoms with Gasteiger partial charge in [-0.2, -0.15) is 5.10 Å². The molecule has 0 aliphatic carbocycles.